The van der Waals surface area contributed by atoms with Crippen LogP contribution in [0.1, 0.15) is 20.8 Å². The van der Waals surface area contributed by atoms with Gasteiger partial charge in [0.15, 0.2) is 23.7 Å². The first-order valence-electron chi connectivity index (χ1n) is 7.92. The van der Waals surface area contributed by atoms with Gasteiger partial charge in [0.25, 0.3) is 0 Å². The van der Waals surface area contributed by atoms with E-state index < -0.39 is 41.7 Å². The minimum Gasteiger partial charge on any atom is -0.476 e. The fraction of sp³-hybridized carbons (Fsp3) is 0.471. The van der Waals surface area contributed by atoms with E-state index >= 15 is 0 Å². The normalized spacial score (nSPS) is 24.6. The first-order valence-corrected chi connectivity index (χ1v) is 10.1. The Kier molecular flexibility index (Phi) is 7.81. The van der Waals surface area contributed by atoms with E-state index in [4.69, 9.17) is 30.5 Å². The Labute approximate surface area is 174 Å². The van der Waals surface area contributed by atoms with Gasteiger partial charge in [0.2, 0.25) is 0 Å². The van der Waals surface area contributed by atoms with Crippen molar-refractivity contribution in [2.75, 3.05) is 5.75 Å². The lowest BCUT2D eigenvalue weighted by Gasteiger charge is -2.39. The van der Waals surface area contributed by atoms with Crippen LogP contribution in [0, 0.1) is 0 Å². The van der Waals surface area contributed by atoms with Crippen molar-refractivity contribution in [3.8, 4) is 5.75 Å². The summed E-state index contributed by atoms with van der Waals surface area (Å²) in [6.07, 6.45) is -2.72. The quantitative estimate of drug-likeness (QED) is 0.467. The number of hydrogen-bond acceptors (Lipinski definition) is 8. The third-order valence-corrected chi connectivity index (χ3v) is 5.88. The lowest BCUT2D eigenvalue weighted by molar-refractivity contribution is -0.186. The van der Waals surface area contributed by atoms with Crippen LogP contribution in [0.15, 0.2) is 22.7 Å². The number of rotatable bonds is 5. The maximum absolute atomic E-state index is 11.6. The second kappa shape index (κ2) is 9.66. The van der Waals surface area contributed by atoms with Crippen LogP contribution in [-0.4, -0.2) is 47.4 Å². The Morgan fingerprint density at radius 3 is 2.19 bits per heavy atom. The highest BCUT2D eigenvalue weighted by atomic mass is 79.9. The first-order chi connectivity index (χ1) is 12.7. The molecule has 148 valence electrons. The Morgan fingerprint density at radius 2 is 1.63 bits per heavy atom. The molecule has 0 unspecified atom stereocenters. The van der Waals surface area contributed by atoms with Crippen LogP contribution in [0.4, 0.5) is 0 Å². The molecule has 0 spiro atoms. The summed E-state index contributed by atoms with van der Waals surface area (Å²) in [5, 5.41) is 0.517. The largest absolute Gasteiger partial charge is 0.476 e. The van der Waals surface area contributed by atoms with Crippen molar-refractivity contribution in [1.82, 2.24) is 0 Å². The second-order valence-electron chi connectivity index (χ2n) is 5.69. The smallest absolute Gasteiger partial charge is 0.303 e. The van der Waals surface area contributed by atoms with Crippen LogP contribution in [0.2, 0.25) is 5.02 Å². The fourth-order valence-electron chi connectivity index (χ4n) is 2.49. The molecular formula is C17H18BrClO7S. The summed E-state index contributed by atoms with van der Waals surface area (Å²) in [5.74, 6) is -0.913. The van der Waals surface area contributed by atoms with Crippen LogP contribution < -0.4 is 4.74 Å². The average Bonchev–Trinajstić information content (AvgIpc) is 2.55. The first kappa shape index (κ1) is 21.8. The van der Waals surface area contributed by atoms with Gasteiger partial charge < -0.3 is 18.9 Å². The minimum atomic E-state index is -0.989. The highest BCUT2D eigenvalue weighted by molar-refractivity contribution is 9.10. The van der Waals surface area contributed by atoms with E-state index in [0.29, 0.717) is 21.0 Å². The highest BCUT2D eigenvalue weighted by Gasteiger charge is 2.47. The van der Waals surface area contributed by atoms with Crippen LogP contribution in [0.25, 0.3) is 0 Å². The van der Waals surface area contributed by atoms with Crippen molar-refractivity contribution in [2.24, 2.45) is 0 Å². The van der Waals surface area contributed by atoms with Gasteiger partial charge in [-0.25, -0.2) is 0 Å². The minimum absolute atomic E-state index is 0.300. The summed E-state index contributed by atoms with van der Waals surface area (Å²) in [6.45, 7) is 3.72. The molecule has 1 aliphatic rings. The monoisotopic (exact) mass is 480 g/mol. The zero-order valence-corrected chi connectivity index (χ0v) is 17.9. The van der Waals surface area contributed by atoms with Gasteiger partial charge in [-0.3, -0.25) is 14.4 Å². The van der Waals surface area contributed by atoms with Crippen molar-refractivity contribution >= 4 is 57.2 Å². The summed E-state index contributed by atoms with van der Waals surface area (Å²) >= 11 is 10.6. The summed E-state index contributed by atoms with van der Waals surface area (Å²) < 4.78 is 22.5. The predicted octanol–water partition coefficient (Wildman–Crippen LogP) is 3.35. The van der Waals surface area contributed by atoms with Crippen LogP contribution in [0.3, 0.4) is 0 Å². The number of thioether (sulfide) groups is 1. The van der Waals surface area contributed by atoms with E-state index in [9.17, 15) is 14.4 Å². The molecule has 1 saturated heterocycles. The van der Waals surface area contributed by atoms with Crippen molar-refractivity contribution in [3.63, 3.8) is 0 Å². The van der Waals surface area contributed by atoms with E-state index in [1.165, 1.54) is 32.5 Å². The molecule has 4 atom stereocenters. The zero-order chi connectivity index (χ0) is 20.1. The second-order valence-corrected chi connectivity index (χ2v) is 8.08. The molecule has 1 aromatic rings. The van der Waals surface area contributed by atoms with Crippen molar-refractivity contribution in [3.05, 3.63) is 27.7 Å². The molecule has 0 amide bonds. The van der Waals surface area contributed by atoms with E-state index in [1.54, 1.807) is 18.2 Å². The number of esters is 3. The number of carbonyl (C=O) groups is 3. The van der Waals surface area contributed by atoms with Crippen LogP contribution in [0.5, 0.6) is 5.75 Å². The number of carbonyl (C=O) groups excluding carboxylic acids is 3. The van der Waals surface area contributed by atoms with Crippen LogP contribution >= 0.6 is 39.3 Å². The third-order valence-electron chi connectivity index (χ3n) is 3.45. The Morgan fingerprint density at radius 1 is 1.04 bits per heavy atom. The SMILES string of the molecule is CC(=O)O[C@@H]1[C@@H](OC(C)=O)[C@@H](Oc2ccc(Cl)c(Br)c2)SC[C@H]1OC(C)=O. The predicted molar refractivity (Wildman–Crippen MR) is 103 cm³/mol. The number of ether oxygens (including phenoxy) is 4. The number of benzene rings is 1. The molecule has 0 bridgehead atoms. The summed E-state index contributed by atoms with van der Waals surface area (Å²) in [6, 6.07) is 4.99. The lowest BCUT2D eigenvalue weighted by atomic mass is 10.1. The zero-order valence-electron chi connectivity index (χ0n) is 14.8. The molecule has 10 heteroatoms. The molecule has 0 aromatic heterocycles. The van der Waals surface area contributed by atoms with Gasteiger partial charge in [0, 0.05) is 31.0 Å². The highest BCUT2D eigenvalue weighted by Crippen LogP contribution is 2.35. The molecule has 1 fully saturated rings. The van der Waals surface area contributed by atoms with E-state index in [2.05, 4.69) is 15.9 Å². The maximum atomic E-state index is 11.6. The summed E-state index contributed by atoms with van der Waals surface area (Å²) in [7, 11) is 0. The summed E-state index contributed by atoms with van der Waals surface area (Å²) in [5.41, 5.74) is -0.682. The van der Waals surface area contributed by atoms with Crippen molar-refractivity contribution in [1.29, 1.82) is 0 Å². The average molecular weight is 482 g/mol. The Bertz CT molecular complexity index is 729. The van der Waals surface area contributed by atoms with E-state index in [1.807, 2.05) is 0 Å². The van der Waals surface area contributed by atoms with Crippen molar-refractivity contribution < 1.29 is 33.3 Å². The summed E-state index contributed by atoms with van der Waals surface area (Å²) in [4.78, 5) is 34.5. The van der Waals surface area contributed by atoms with Gasteiger partial charge in [-0.2, -0.15) is 0 Å². The van der Waals surface area contributed by atoms with Gasteiger partial charge in [-0.1, -0.05) is 11.6 Å². The van der Waals surface area contributed by atoms with Gasteiger partial charge in [-0.05, 0) is 34.1 Å². The number of halogens is 2. The topological polar surface area (TPSA) is 88.1 Å². The van der Waals surface area contributed by atoms with Crippen molar-refractivity contribution in [2.45, 2.75) is 44.5 Å². The lowest BCUT2D eigenvalue weighted by Crippen LogP contribution is -2.55. The molecule has 0 radical (unpaired) electrons. The van der Waals surface area contributed by atoms with Gasteiger partial charge in [-0.15, -0.1) is 11.8 Å². The molecular weight excluding hydrogens is 464 g/mol. The molecule has 0 aliphatic carbocycles. The standard InChI is InChI=1S/C17H18BrClO7S/c1-8(20)23-14-7-27-17(26-11-4-5-13(19)12(18)6-11)16(25-10(3)22)15(14)24-9(2)21/h4-6,14-17H,7H2,1-3H3/t14-,15+,16-,17+/m1/s1. The number of hydrogen-bond donors (Lipinski definition) is 0. The molecule has 1 heterocycles. The van der Waals surface area contributed by atoms with Crippen LogP contribution in [-0.2, 0) is 28.6 Å². The molecule has 0 N–H and O–H groups in total. The Hall–Kier alpha value is -1.45. The van der Waals surface area contributed by atoms with Gasteiger partial charge in [0.1, 0.15) is 5.75 Å². The van der Waals surface area contributed by atoms with E-state index in [0.717, 1.165) is 0 Å². The molecule has 7 nitrogen and oxygen atoms in total. The van der Waals surface area contributed by atoms with Gasteiger partial charge >= 0.3 is 17.9 Å². The van der Waals surface area contributed by atoms with Gasteiger partial charge in [0.05, 0.1) is 5.02 Å². The maximum Gasteiger partial charge on any atom is 0.303 e. The third kappa shape index (κ3) is 6.29. The van der Waals surface area contributed by atoms with E-state index in [-0.39, 0.29) is 0 Å². The molecule has 27 heavy (non-hydrogen) atoms. The molecule has 1 aliphatic heterocycles. The molecule has 1 aromatic carbocycles. The Balaban J connectivity index is 2.28. The molecule has 0 saturated carbocycles. The fourth-order valence-corrected chi connectivity index (χ4v) is 4.19. The molecule has 2 rings (SSSR count).